The topological polar surface area (TPSA) is 35.2 Å². The molecule has 0 amide bonds. The first kappa shape index (κ1) is 11.4. The Morgan fingerprint density at radius 3 is 2.75 bits per heavy atom. The maximum Gasteiger partial charge on any atom is 0.165 e. The van der Waals surface area contributed by atoms with E-state index in [1.54, 1.807) is 6.07 Å². The Hall–Kier alpha value is -1.09. The van der Waals surface area contributed by atoms with E-state index in [-0.39, 0.29) is 11.9 Å². The summed E-state index contributed by atoms with van der Waals surface area (Å²) in [6.45, 7) is 2.47. The Balaban J connectivity index is 1.98. The summed E-state index contributed by atoms with van der Waals surface area (Å²) in [6.07, 6.45) is 3.69. The molecule has 1 aliphatic carbocycles. The van der Waals surface area contributed by atoms with Crippen LogP contribution < -0.4 is 10.5 Å². The SMILES string of the molecule is C[C@@H](N)c1ccc(OCC2CCC2)c(F)c1. The van der Waals surface area contributed by atoms with E-state index in [0.29, 0.717) is 18.3 Å². The third-order valence-corrected chi connectivity index (χ3v) is 3.18. The highest BCUT2D eigenvalue weighted by molar-refractivity contribution is 5.30. The molecular formula is C13H18FNO. The molecule has 0 spiro atoms. The molecule has 2 N–H and O–H groups in total. The van der Waals surface area contributed by atoms with Gasteiger partial charge in [-0.15, -0.1) is 0 Å². The largest absolute Gasteiger partial charge is 0.490 e. The van der Waals surface area contributed by atoms with Gasteiger partial charge in [-0.3, -0.25) is 0 Å². The van der Waals surface area contributed by atoms with E-state index < -0.39 is 0 Å². The van der Waals surface area contributed by atoms with Crippen molar-refractivity contribution in [3.8, 4) is 5.75 Å². The predicted molar refractivity (Wildman–Crippen MR) is 61.8 cm³/mol. The van der Waals surface area contributed by atoms with E-state index in [0.717, 1.165) is 5.56 Å². The molecule has 88 valence electrons. The maximum absolute atomic E-state index is 13.6. The second-order valence-corrected chi connectivity index (χ2v) is 4.59. The van der Waals surface area contributed by atoms with E-state index in [4.69, 9.17) is 10.5 Å². The van der Waals surface area contributed by atoms with Crippen molar-refractivity contribution in [2.75, 3.05) is 6.61 Å². The Morgan fingerprint density at radius 2 is 2.25 bits per heavy atom. The van der Waals surface area contributed by atoms with Crippen LogP contribution in [0.5, 0.6) is 5.75 Å². The van der Waals surface area contributed by atoms with Crippen LogP contribution in [0.15, 0.2) is 18.2 Å². The summed E-state index contributed by atoms with van der Waals surface area (Å²) >= 11 is 0. The van der Waals surface area contributed by atoms with Gasteiger partial charge in [-0.25, -0.2) is 4.39 Å². The summed E-state index contributed by atoms with van der Waals surface area (Å²) in [5, 5.41) is 0. The summed E-state index contributed by atoms with van der Waals surface area (Å²) < 4.78 is 19.1. The van der Waals surface area contributed by atoms with Gasteiger partial charge >= 0.3 is 0 Å². The lowest BCUT2D eigenvalue weighted by molar-refractivity contribution is 0.175. The number of halogens is 1. The Morgan fingerprint density at radius 1 is 1.50 bits per heavy atom. The van der Waals surface area contributed by atoms with Gasteiger partial charge in [-0.1, -0.05) is 12.5 Å². The zero-order valence-electron chi connectivity index (χ0n) is 9.58. The molecular weight excluding hydrogens is 205 g/mol. The Labute approximate surface area is 95.6 Å². The third kappa shape index (κ3) is 2.53. The van der Waals surface area contributed by atoms with Gasteiger partial charge in [0.15, 0.2) is 11.6 Å². The van der Waals surface area contributed by atoms with Crippen molar-refractivity contribution in [1.29, 1.82) is 0 Å². The number of benzene rings is 1. The molecule has 0 unspecified atom stereocenters. The lowest BCUT2D eigenvalue weighted by atomic mass is 9.86. The third-order valence-electron chi connectivity index (χ3n) is 3.18. The molecule has 0 heterocycles. The first-order valence-electron chi connectivity index (χ1n) is 5.84. The monoisotopic (exact) mass is 223 g/mol. The van der Waals surface area contributed by atoms with E-state index in [9.17, 15) is 4.39 Å². The van der Waals surface area contributed by atoms with E-state index in [2.05, 4.69) is 0 Å². The zero-order valence-corrected chi connectivity index (χ0v) is 9.58. The van der Waals surface area contributed by atoms with Crippen molar-refractivity contribution < 1.29 is 9.13 Å². The minimum Gasteiger partial charge on any atom is -0.490 e. The highest BCUT2D eigenvalue weighted by Crippen LogP contribution is 2.28. The minimum absolute atomic E-state index is 0.143. The van der Waals surface area contributed by atoms with Gasteiger partial charge in [0.2, 0.25) is 0 Å². The van der Waals surface area contributed by atoms with Crippen molar-refractivity contribution >= 4 is 0 Å². The molecule has 1 aromatic rings. The Kier molecular flexibility index (Phi) is 3.44. The molecule has 0 aliphatic heterocycles. The number of hydrogen-bond donors (Lipinski definition) is 1. The highest BCUT2D eigenvalue weighted by Gasteiger charge is 2.18. The fourth-order valence-electron chi connectivity index (χ4n) is 1.78. The van der Waals surface area contributed by atoms with E-state index in [1.807, 2.05) is 13.0 Å². The van der Waals surface area contributed by atoms with Crippen molar-refractivity contribution in [2.45, 2.75) is 32.2 Å². The summed E-state index contributed by atoms with van der Waals surface area (Å²) in [5.41, 5.74) is 6.48. The molecule has 1 fully saturated rings. The van der Waals surface area contributed by atoms with Crippen LogP contribution in [0, 0.1) is 11.7 Å². The van der Waals surface area contributed by atoms with Crippen LogP contribution in [-0.2, 0) is 0 Å². The van der Waals surface area contributed by atoms with E-state index in [1.165, 1.54) is 25.3 Å². The Bertz CT molecular complexity index is 361. The molecule has 1 atom stereocenters. The molecule has 2 nitrogen and oxygen atoms in total. The highest BCUT2D eigenvalue weighted by atomic mass is 19.1. The minimum atomic E-state index is -0.311. The van der Waals surface area contributed by atoms with Gasteiger partial charge in [0.1, 0.15) is 0 Å². The zero-order chi connectivity index (χ0) is 11.5. The normalized spacial score (nSPS) is 17.9. The number of hydrogen-bond acceptors (Lipinski definition) is 2. The second kappa shape index (κ2) is 4.83. The van der Waals surface area contributed by atoms with Crippen LogP contribution in [0.3, 0.4) is 0 Å². The van der Waals surface area contributed by atoms with Crippen LogP contribution >= 0.6 is 0 Å². The van der Waals surface area contributed by atoms with Crippen LogP contribution in [-0.4, -0.2) is 6.61 Å². The average Bonchev–Trinajstić information content (AvgIpc) is 2.17. The molecule has 0 saturated heterocycles. The van der Waals surface area contributed by atoms with Crippen molar-refractivity contribution in [1.82, 2.24) is 0 Å². The van der Waals surface area contributed by atoms with Crippen molar-refractivity contribution in [2.24, 2.45) is 11.7 Å². The second-order valence-electron chi connectivity index (χ2n) is 4.59. The first-order valence-corrected chi connectivity index (χ1v) is 5.84. The molecule has 0 bridgehead atoms. The molecule has 0 aromatic heterocycles. The molecule has 2 rings (SSSR count). The van der Waals surface area contributed by atoms with Gasteiger partial charge in [0.05, 0.1) is 6.61 Å². The first-order chi connectivity index (χ1) is 7.66. The summed E-state index contributed by atoms with van der Waals surface area (Å²) in [7, 11) is 0. The fraction of sp³-hybridized carbons (Fsp3) is 0.538. The molecule has 0 radical (unpaired) electrons. The lowest BCUT2D eigenvalue weighted by Gasteiger charge is -2.25. The summed E-state index contributed by atoms with van der Waals surface area (Å²) in [6, 6.07) is 4.81. The molecule has 1 saturated carbocycles. The van der Waals surface area contributed by atoms with Crippen LogP contribution in [0.1, 0.15) is 37.8 Å². The lowest BCUT2D eigenvalue weighted by Crippen LogP contribution is -2.19. The van der Waals surface area contributed by atoms with Crippen LogP contribution in [0.4, 0.5) is 4.39 Å². The quantitative estimate of drug-likeness (QED) is 0.851. The van der Waals surface area contributed by atoms with E-state index >= 15 is 0 Å². The molecule has 1 aliphatic rings. The average molecular weight is 223 g/mol. The number of nitrogens with two attached hydrogens (primary N) is 1. The standard InChI is InChI=1S/C13H18FNO/c1-9(15)11-5-6-13(12(14)7-11)16-8-10-3-2-4-10/h5-7,9-10H,2-4,8,15H2,1H3/t9-/m1/s1. The van der Waals surface area contributed by atoms with Gasteiger partial charge in [0.25, 0.3) is 0 Å². The van der Waals surface area contributed by atoms with Gasteiger partial charge in [-0.2, -0.15) is 0 Å². The van der Waals surface area contributed by atoms with Crippen LogP contribution in [0.25, 0.3) is 0 Å². The van der Waals surface area contributed by atoms with Gasteiger partial charge in [0, 0.05) is 6.04 Å². The van der Waals surface area contributed by atoms with Crippen molar-refractivity contribution in [3.63, 3.8) is 0 Å². The van der Waals surface area contributed by atoms with Gasteiger partial charge in [-0.05, 0) is 43.4 Å². The summed E-state index contributed by atoms with van der Waals surface area (Å²) in [5.74, 6) is 0.651. The number of ether oxygens (including phenoxy) is 1. The predicted octanol–water partition coefficient (Wildman–Crippen LogP) is 3.02. The fourth-order valence-corrected chi connectivity index (χ4v) is 1.78. The maximum atomic E-state index is 13.6. The molecule has 16 heavy (non-hydrogen) atoms. The summed E-state index contributed by atoms with van der Waals surface area (Å²) in [4.78, 5) is 0. The molecule has 1 aromatic carbocycles. The number of rotatable bonds is 4. The van der Waals surface area contributed by atoms with Crippen LogP contribution in [0.2, 0.25) is 0 Å². The van der Waals surface area contributed by atoms with Gasteiger partial charge < -0.3 is 10.5 Å². The van der Waals surface area contributed by atoms with Crippen molar-refractivity contribution in [3.05, 3.63) is 29.6 Å². The molecule has 3 heteroatoms. The smallest absolute Gasteiger partial charge is 0.165 e.